The molecule has 8 heteroatoms. The number of benzene rings is 3. The number of aryl methyl sites for hydroxylation is 1. The Morgan fingerprint density at radius 2 is 1.87 bits per heavy atom. The number of fused-ring (bicyclic) bond motifs is 1. The quantitative estimate of drug-likeness (QED) is 0.320. The van der Waals surface area contributed by atoms with Crippen molar-refractivity contribution in [2.45, 2.75) is 6.92 Å². The number of hydrogen-bond donors (Lipinski definition) is 1. The summed E-state index contributed by atoms with van der Waals surface area (Å²) >= 11 is 15.6. The van der Waals surface area contributed by atoms with E-state index < -0.39 is 0 Å². The van der Waals surface area contributed by atoms with E-state index in [1.165, 1.54) is 0 Å². The lowest BCUT2D eigenvalue weighted by Gasteiger charge is -2.12. The number of anilines is 1. The number of amides is 1. The molecular weight excluding hydrogens is 491 g/mol. The molecule has 0 atom stereocenters. The number of carbonyl (C=O) groups is 1. The summed E-state index contributed by atoms with van der Waals surface area (Å²) in [7, 11) is 1.54. The van der Waals surface area contributed by atoms with Crippen LogP contribution >= 0.6 is 39.1 Å². The summed E-state index contributed by atoms with van der Waals surface area (Å²) in [5, 5.41) is 3.77. The Labute approximate surface area is 191 Å². The summed E-state index contributed by atoms with van der Waals surface area (Å²) in [5.41, 5.74) is 3.73. The Balaban J connectivity index is 1.59. The van der Waals surface area contributed by atoms with Gasteiger partial charge < -0.3 is 14.5 Å². The molecule has 0 spiro atoms. The zero-order valence-corrected chi connectivity index (χ0v) is 19.0. The third-order valence-electron chi connectivity index (χ3n) is 4.49. The topological polar surface area (TPSA) is 64.4 Å². The number of ether oxygens (including phenoxy) is 1. The average Bonchev–Trinajstić information content (AvgIpc) is 3.12. The van der Waals surface area contributed by atoms with Crippen molar-refractivity contribution >= 4 is 61.8 Å². The molecule has 30 heavy (non-hydrogen) atoms. The Bertz CT molecular complexity index is 1270. The molecule has 0 fully saturated rings. The highest BCUT2D eigenvalue weighted by Gasteiger charge is 2.16. The molecule has 1 aromatic heterocycles. The summed E-state index contributed by atoms with van der Waals surface area (Å²) < 4.78 is 12.0. The van der Waals surface area contributed by atoms with Gasteiger partial charge in [-0.25, -0.2) is 4.98 Å². The Morgan fingerprint density at radius 3 is 2.57 bits per heavy atom. The SMILES string of the molecule is COc1c(C)cc(Br)cc1C(=O)Nc1ccc(-c2nc3cc(Cl)cc(Cl)c3o2)cc1. The molecular formula is C22H15BrCl2N2O3. The van der Waals surface area contributed by atoms with Crippen LogP contribution in [-0.4, -0.2) is 18.0 Å². The Kier molecular flexibility index (Phi) is 5.73. The van der Waals surface area contributed by atoms with Crippen LogP contribution in [0.2, 0.25) is 10.0 Å². The minimum atomic E-state index is -0.271. The fourth-order valence-electron chi connectivity index (χ4n) is 3.15. The molecule has 0 bridgehead atoms. The van der Waals surface area contributed by atoms with E-state index in [0.717, 1.165) is 15.6 Å². The summed E-state index contributed by atoms with van der Waals surface area (Å²) in [5.74, 6) is 0.679. The first-order valence-corrected chi connectivity index (χ1v) is 10.4. The van der Waals surface area contributed by atoms with Crippen LogP contribution in [-0.2, 0) is 0 Å². The van der Waals surface area contributed by atoms with Crippen LogP contribution in [0.5, 0.6) is 5.75 Å². The normalized spacial score (nSPS) is 11.0. The second-order valence-corrected chi connectivity index (χ2v) is 8.35. The van der Waals surface area contributed by atoms with Crippen LogP contribution in [0.4, 0.5) is 5.69 Å². The molecule has 152 valence electrons. The second kappa shape index (κ2) is 8.30. The molecule has 5 nitrogen and oxygen atoms in total. The molecule has 0 unspecified atom stereocenters. The van der Waals surface area contributed by atoms with E-state index in [1.807, 2.05) is 13.0 Å². The van der Waals surface area contributed by atoms with Crippen molar-refractivity contribution < 1.29 is 13.9 Å². The highest BCUT2D eigenvalue weighted by Crippen LogP contribution is 2.33. The first kappa shape index (κ1) is 20.7. The molecule has 0 saturated heterocycles. The number of aromatic nitrogens is 1. The van der Waals surface area contributed by atoms with E-state index in [2.05, 4.69) is 26.2 Å². The van der Waals surface area contributed by atoms with Gasteiger partial charge in [0.2, 0.25) is 5.89 Å². The molecule has 4 rings (SSSR count). The van der Waals surface area contributed by atoms with Gasteiger partial charge in [-0.05, 0) is 61.0 Å². The standard InChI is InChI=1S/C22H15BrCl2N2O3/c1-11-7-13(23)8-16(19(11)29-2)21(28)26-15-5-3-12(4-6-15)22-27-18-10-14(24)9-17(25)20(18)30-22/h3-10H,1-2H3,(H,26,28). The van der Waals surface area contributed by atoms with Gasteiger partial charge in [-0.3, -0.25) is 4.79 Å². The molecule has 1 heterocycles. The van der Waals surface area contributed by atoms with E-state index in [9.17, 15) is 4.79 Å². The van der Waals surface area contributed by atoms with Crippen LogP contribution in [0.1, 0.15) is 15.9 Å². The first-order chi connectivity index (χ1) is 14.4. The van der Waals surface area contributed by atoms with E-state index in [0.29, 0.717) is 44.0 Å². The Hall–Kier alpha value is -2.54. The number of nitrogens with zero attached hydrogens (tertiary/aromatic N) is 1. The fraction of sp³-hybridized carbons (Fsp3) is 0.0909. The van der Waals surface area contributed by atoms with Crippen molar-refractivity contribution in [3.8, 4) is 17.2 Å². The maximum Gasteiger partial charge on any atom is 0.259 e. The summed E-state index contributed by atoms with van der Waals surface area (Å²) in [6.07, 6.45) is 0. The van der Waals surface area contributed by atoms with Gasteiger partial charge >= 0.3 is 0 Å². The average molecular weight is 506 g/mol. The minimum absolute atomic E-state index is 0.271. The van der Waals surface area contributed by atoms with Crippen LogP contribution in [0, 0.1) is 6.92 Å². The van der Waals surface area contributed by atoms with Gasteiger partial charge in [0, 0.05) is 20.7 Å². The van der Waals surface area contributed by atoms with Gasteiger partial charge in [-0.15, -0.1) is 0 Å². The first-order valence-electron chi connectivity index (χ1n) is 8.87. The van der Waals surface area contributed by atoms with Gasteiger partial charge in [-0.2, -0.15) is 0 Å². The molecule has 1 amide bonds. The van der Waals surface area contributed by atoms with Crippen LogP contribution in [0.25, 0.3) is 22.6 Å². The van der Waals surface area contributed by atoms with Crippen molar-refractivity contribution in [2.75, 3.05) is 12.4 Å². The van der Waals surface area contributed by atoms with Crippen molar-refractivity contribution in [3.05, 3.63) is 74.2 Å². The second-order valence-electron chi connectivity index (χ2n) is 6.59. The van der Waals surface area contributed by atoms with Crippen molar-refractivity contribution in [1.29, 1.82) is 0 Å². The van der Waals surface area contributed by atoms with Crippen LogP contribution < -0.4 is 10.1 Å². The van der Waals surface area contributed by atoms with Gasteiger partial charge in [-0.1, -0.05) is 39.1 Å². The Morgan fingerprint density at radius 1 is 1.13 bits per heavy atom. The predicted molar refractivity (Wildman–Crippen MR) is 123 cm³/mol. The van der Waals surface area contributed by atoms with Crippen molar-refractivity contribution in [2.24, 2.45) is 0 Å². The molecule has 0 saturated carbocycles. The summed E-state index contributed by atoms with van der Waals surface area (Å²) in [4.78, 5) is 17.2. The predicted octanol–water partition coefficient (Wildman–Crippen LogP) is 7.13. The van der Waals surface area contributed by atoms with E-state index in [1.54, 1.807) is 49.6 Å². The number of methoxy groups -OCH3 is 1. The molecule has 4 aromatic rings. The third kappa shape index (κ3) is 4.03. The van der Waals surface area contributed by atoms with E-state index >= 15 is 0 Å². The highest BCUT2D eigenvalue weighted by atomic mass is 79.9. The lowest BCUT2D eigenvalue weighted by Crippen LogP contribution is -2.13. The number of nitrogens with one attached hydrogen (secondary N) is 1. The third-order valence-corrected chi connectivity index (χ3v) is 5.44. The molecule has 0 radical (unpaired) electrons. The monoisotopic (exact) mass is 504 g/mol. The minimum Gasteiger partial charge on any atom is -0.496 e. The molecule has 3 aromatic carbocycles. The molecule has 0 aliphatic rings. The molecule has 0 aliphatic heterocycles. The number of rotatable bonds is 4. The maximum atomic E-state index is 12.8. The van der Waals surface area contributed by atoms with E-state index in [4.69, 9.17) is 32.4 Å². The smallest absolute Gasteiger partial charge is 0.259 e. The van der Waals surface area contributed by atoms with Gasteiger partial charge in [0.15, 0.2) is 5.58 Å². The maximum absolute atomic E-state index is 12.8. The number of carbonyl (C=O) groups excluding carboxylic acids is 1. The lowest BCUT2D eigenvalue weighted by atomic mass is 10.1. The summed E-state index contributed by atoms with van der Waals surface area (Å²) in [6, 6.07) is 14.1. The van der Waals surface area contributed by atoms with Gasteiger partial charge in [0.25, 0.3) is 5.91 Å². The van der Waals surface area contributed by atoms with Crippen LogP contribution in [0.3, 0.4) is 0 Å². The number of oxazole rings is 1. The van der Waals surface area contributed by atoms with Crippen LogP contribution in [0.15, 0.2) is 57.4 Å². The molecule has 0 aliphatic carbocycles. The lowest BCUT2D eigenvalue weighted by molar-refractivity contribution is 0.102. The fourth-order valence-corrected chi connectivity index (χ4v) is 4.24. The van der Waals surface area contributed by atoms with Crippen molar-refractivity contribution in [3.63, 3.8) is 0 Å². The van der Waals surface area contributed by atoms with Crippen molar-refractivity contribution in [1.82, 2.24) is 4.98 Å². The van der Waals surface area contributed by atoms with Gasteiger partial charge in [0.05, 0.1) is 17.7 Å². The van der Waals surface area contributed by atoms with Gasteiger partial charge in [0.1, 0.15) is 11.3 Å². The summed E-state index contributed by atoms with van der Waals surface area (Å²) in [6.45, 7) is 1.88. The largest absolute Gasteiger partial charge is 0.496 e. The zero-order valence-electron chi connectivity index (χ0n) is 15.9. The number of hydrogen-bond acceptors (Lipinski definition) is 4. The zero-order chi connectivity index (χ0) is 21.4. The number of halogens is 3. The molecule has 1 N–H and O–H groups in total. The van der Waals surface area contributed by atoms with E-state index in [-0.39, 0.29) is 5.91 Å². The highest BCUT2D eigenvalue weighted by molar-refractivity contribution is 9.10.